The molecule has 0 unspecified atom stereocenters. The van der Waals surface area contributed by atoms with Crippen molar-refractivity contribution >= 4 is 11.6 Å². The topological polar surface area (TPSA) is 34.1 Å². The second kappa shape index (κ2) is 29.7. The molecule has 0 atom stereocenters. The molecule has 0 aromatic carbocycles. The predicted molar refractivity (Wildman–Crippen MR) is 82.9 cm³/mol. The molecule has 0 aliphatic rings. The molecule has 18 heavy (non-hydrogen) atoms. The molecular weight excluding hydrogens is 224 g/mol. The van der Waals surface area contributed by atoms with E-state index in [1.54, 1.807) is 26.0 Å². The molecule has 0 N–H and O–H groups in total. The minimum absolute atomic E-state index is 0.289. The van der Waals surface area contributed by atoms with Crippen molar-refractivity contribution in [1.82, 2.24) is 0 Å². The maximum absolute atomic E-state index is 10.0. The van der Waals surface area contributed by atoms with Gasteiger partial charge in [-0.2, -0.15) is 0 Å². The Labute approximate surface area is 114 Å². The van der Waals surface area contributed by atoms with Gasteiger partial charge < -0.3 is 9.59 Å². The Hall–Kier alpha value is -1.18. The van der Waals surface area contributed by atoms with Crippen molar-refractivity contribution in [2.24, 2.45) is 0 Å². The van der Waals surface area contributed by atoms with Gasteiger partial charge >= 0.3 is 0 Å². The monoisotopic (exact) mass is 256 g/mol. The highest BCUT2D eigenvalue weighted by Crippen LogP contribution is 1.84. The lowest BCUT2D eigenvalue weighted by Gasteiger charge is -1.80. The summed E-state index contributed by atoms with van der Waals surface area (Å²) < 4.78 is 0. The van der Waals surface area contributed by atoms with Crippen LogP contribution in [0.5, 0.6) is 0 Å². The van der Waals surface area contributed by atoms with Crippen LogP contribution in [0.1, 0.15) is 67.2 Å². The smallest absolute Gasteiger partial charge is 0.129 e. The molecule has 0 bridgehead atoms. The Morgan fingerprint density at radius 1 is 0.833 bits per heavy atom. The third kappa shape index (κ3) is 122. The number of carbonyl (C=O) groups excluding carboxylic acids is 2. The van der Waals surface area contributed by atoms with E-state index in [-0.39, 0.29) is 11.6 Å². The van der Waals surface area contributed by atoms with Crippen LogP contribution in [0.25, 0.3) is 0 Å². The number of allylic oxidation sites excluding steroid dienone is 2. The van der Waals surface area contributed by atoms with Crippen LogP contribution in [0, 0.1) is 0 Å². The van der Waals surface area contributed by atoms with E-state index in [1.807, 2.05) is 27.7 Å². The van der Waals surface area contributed by atoms with Gasteiger partial charge in [0.25, 0.3) is 0 Å². The fourth-order valence-corrected chi connectivity index (χ4v) is 0.704. The van der Waals surface area contributed by atoms with E-state index in [9.17, 15) is 9.59 Å². The molecule has 0 saturated carbocycles. The number of Topliss-reactive ketones (excluding diaryl/α,β-unsaturated/α-hetero) is 2. The van der Waals surface area contributed by atoms with Crippen LogP contribution in [0.4, 0.5) is 0 Å². The van der Waals surface area contributed by atoms with Crippen molar-refractivity contribution < 1.29 is 9.59 Å². The Kier molecular flexibility index (Phi) is 42.2. The van der Waals surface area contributed by atoms with E-state index in [0.717, 1.165) is 25.7 Å². The van der Waals surface area contributed by atoms with E-state index in [0.29, 0.717) is 0 Å². The Balaban J connectivity index is -0.0000000770. The van der Waals surface area contributed by atoms with E-state index in [4.69, 9.17) is 0 Å². The lowest BCUT2D eigenvalue weighted by molar-refractivity contribution is -0.117. The molecule has 2 heteroatoms. The van der Waals surface area contributed by atoms with E-state index in [1.165, 1.54) is 0 Å². The highest BCUT2D eigenvalue weighted by Gasteiger charge is 1.84. The highest BCUT2D eigenvalue weighted by atomic mass is 16.1. The fourth-order valence-electron chi connectivity index (χ4n) is 0.704. The normalized spacial score (nSPS) is 7.00. The zero-order valence-electron chi connectivity index (χ0n) is 13.2. The maximum Gasteiger partial charge on any atom is 0.129 e. The fraction of sp³-hybridized carbons (Fsp3) is 0.625. The molecule has 0 radical (unpaired) electrons. The lowest BCUT2D eigenvalue weighted by Crippen LogP contribution is -1.84. The van der Waals surface area contributed by atoms with Gasteiger partial charge in [0, 0.05) is 12.8 Å². The van der Waals surface area contributed by atoms with Crippen LogP contribution in [-0.2, 0) is 9.59 Å². The van der Waals surface area contributed by atoms with Crippen molar-refractivity contribution in [1.29, 1.82) is 0 Å². The summed E-state index contributed by atoms with van der Waals surface area (Å²) in [5.41, 5.74) is 0. The number of hydrogen-bond acceptors (Lipinski definition) is 2. The first-order valence-electron chi connectivity index (χ1n) is 6.50. The number of rotatable bonds is 4. The molecule has 0 aromatic heterocycles. The van der Waals surface area contributed by atoms with Crippen LogP contribution in [0.2, 0.25) is 0 Å². The van der Waals surface area contributed by atoms with Crippen molar-refractivity contribution in [3.8, 4) is 0 Å². The van der Waals surface area contributed by atoms with E-state index >= 15 is 0 Å². The Morgan fingerprint density at radius 2 is 1.00 bits per heavy atom. The summed E-state index contributed by atoms with van der Waals surface area (Å²) in [6, 6.07) is 0. The Bertz CT molecular complexity index is 171. The second-order valence-electron chi connectivity index (χ2n) is 3.72. The van der Waals surface area contributed by atoms with Gasteiger partial charge in [0.1, 0.15) is 11.6 Å². The van der Waals surface area contributed by atoms with Gasteiger partial charge in [0.2, 0.25) is 0 Å². The minimum Gasteiger partial charge on any atom is -0.300 e. The molecule has 0 fully saturated rings. The third-order valence-corrected chi connectivity index (χ3v) is 1.20. The molecular formula is C16H32O2. The molecule has 2 nitrogen and oxygen atoms in total. The average Bonchev–Trinajstić information content (AvgIpc) is 2.20. The number of hydrogen-bond donors (Lipinski definition) is 0. The van der Waals surface area contributed by atoms with Gasteiger partial charge in [-0.05, 0) is 40.5 Å². The zero-order chi connectivity index (χ0) is 15.4. The van der Waals surface area contributed by atoms with Crippen LogP contribution in [-0.4, -0.2) is 11.6 Å². The third-order valence-electron chi connectivity index (χ3n) is 1.20. The van der Waals surface area contributed by atoms with Gasteiger partial charge in [-0.1, -0.05) is 26.0 Å². The molecule has 108 valence electrons. The van der Waals surface area contributed by atoms with Crippen LogP contribution in [0.3, 0.4) is 0 Å². The van der Waals surface area contributed by atoms with Crippen LogP contribution >= 0.6 is 0 Å². The largest absolute Gasteiger partial charge is 0.300 e. The standard InChI is InChI=1S/2C5H10O.2C3H6/c2*1-3-4-5(2)6;2*1-3-2/h2*3-4H2,1-2H3;2*3H,1H2,2H3. The quantitative estimate of drug-likeness (QED) is 0.653. The van der Waals surface area contributed by atoms with Crippen molar-refractivity contribution in [3.63, 3.8) is 0 Å². The molecule has 0 aliphatic carbocycles. The summed E-state index contributed by atoms with van der Waals surface area (Å²) in [6.45, 7) is 17.7. The maximum atomic E-state index is 10.0. The lowest BCUT2D eigenvalue weighted by atomic mass is 10.3. The first kappa shape index (κ1) is 25.6. The van der Waals surface area contributed by atoms with Gasteiger partial charge in [0.15, 0.2) is 0 Å². The molecule has 0 heterocycles. The molecule has 0 saturated heterocycles. The van der Waals surface area contributed by atoms with Crippen LogP contribution in [0.15, 0.2) is 25.3 Å². The molecule has 0 amide bonds. The number of ketones is 2. The second-order valence-corrected chi connectivity index (χ2v) is 3.72. The minimum atomic E-state index is 0.289. The van der Waals surface area contributed by atoms with Gasteiger partial charge in [-0.25, -0.2) is 0 Å². The average molecular weight is 256 g/mol. The SMILES string of the molecule is C=CC.C=CC.CCCC(C)=O.CCCC(C)=O. The van der Waals surface area contributed by atoms with Crippen molar-refractivity contribution in [2.45, 2.75) is 67.2 Å². The van der Waals surface area contributed by atoms with Crippen molar-refractivity contribution in [3.05, 3.63) is 25.3 Å². The summed E-state index contributed by atoms with van der Waals surface area (Å²) in [7, 11) is 0. The summed E-state index contributed by atoms with van der Waals surface area (Å²) in [6.07, 6.45) is 6.94. The molecule has 0 rings (SSSR count). The molecule has 0 aliphatic heterocycles. The molecule has 0 aromatic rings. The van der Waals surface area contributed by atoms with Crippen molar-refractivity contribution in [2.75, 3.05) is 0 Å². The molecule has 0 spiro atoms. The van der Waals surface area contributed by atoms with E-state index in [2.05, 4.69) is 13.2 Å². The zero-order valence-corrected chi connectivity index (χ0v) is 13.2. The summed E-state index contributed by atoms with van der Waals surface area (Å²) >= 11 is 0. The summed E-state index contributed by atoms with van der Waals surface area (Å²) in [4.78, 5) is 20.1. The van der Waals surface area contributed by atoms with Gasteiger partial charge in [-0.15, -0.1) is 13.2 Å². The van der Waals surface area contributed by atoms with Crippen LogP contribution < -0.4 is 0 Å². The highest BCUT2D eigenvalue weighted by molar-refractivity contribution is 5.75. The first-order valence-corrected chi connectivity index (χ1v) is 6.50. The Morgan fingerprint density at radius 3 is 1.00 bits per heavy atom. The number of carbonyl (C=O) groups is 2. The van der Waals surface area contributed by atoms with Gasteiger partial charge in [0.05, 0.1) is 0 Å². The first-order chi connectivity index (χ1) is 8.37. The van der Waals surface area contributed by atoms with Gasteiger partial charge in [-0.3, -0.25) is 0 Å². The summed E-state index contributed by atoms with van der Waals surface area (Å²) in [5.74, 6) is 0.579. The van der Waals surface area contributed by atoms with E-state index < -0.39 is 0 Å². The predicted octanol–water partition coefficient (Wildman–Crippen LogP) is 5.14. The summed E-state index contributed by atoms with van der Waals surface area (Å²) in [5, 5.41) is 0.